The first-order valence-corrected chi connectivity index (χ1v) is 5.51. The Morgan fingerprint density at radius 1 is 1.29 bits per heavy atom. The Bertz CT molecular complexity index is 174. The molecule has 1 fully saturated rings. The summed E-state index contributed by atoms with van der Waals surface area (Å²) in [6.07, 6.45) is -0.531. The fourth-order valence-electron chi connectivity index (χ4n) is 2.38. The number of rotatable bonds is 2. The molecule has 84 valence electrons. The number of hydrogen-bond acceptors (Lipinski definition) is 0. The van der Waals surface area contributed by atoms with E-state index < -0.39 is 12.1 Å². The molecule has 0 saturated heterocycles. The minimum Gasteiger partial charge on any atom is -0.171 e. The van der Waals surface area contributed by atoms with Gasteiger partial charge in [0.15, 0.2) is 0 Å². The Morgan fingerprint density at radius 2 is 1.93 bits per heavy atom. The topological polar surface area (TPSA) is 0 Å². The summed E-state index contributed by atoms with van der Waals surface area (Å²) in [6.45, 7) is 4.13. The van der Waals surface area contributed by atoms with Crippen molar-refractivity contribution in [3.05, 3.63) is 0 Å². The first kappa shape index (κ1) is 11.9. The first-order valence-electron chi connectivity index (χ1n) is 5.51. The van der Waals surface area contributed by atoms with Crippen LogP contribution >= 0.6 is 0 Å². The molecule has 3 unspecified atom stereocenters. The lowest BCUT2D eigenvalue weighted by Crippen LogP contribution is -2.30. The van der Waals surface area contributed by atoms with E-state index in [1.54, 1.807) is 0 Å². The van der Waals surface area contributed by atoms with Gasteiger partial charge in [-0.25, -0.2) is 0 Å². The summed E-state index contributed by atoms with van der Waals surface area (Å²) >= 11 is 0. The zero-order valence-corrected chi connectivity index (χ0v) is 8.90. The van der Waals surface area contributed by atoms with Gasteiger partial charge in [-0.05, 0) is 24.7 Å². The van der Waals surface area contributed by atoms with E-state index in [0.717, 1.165) is 19.3 Å². The maximum Gasteiger partial charge on any atom is 0.391 e. The van der Waals surface area contributed by atoms with Gasteiger partial charge >= 0.3 is 6.18 Å². The first-order chi connectivity index (χ1) is 6.45. The molecule has 0 radical (unpaired) electrons. The van der Waals surface area contributed by atoms with Gasteiger partial charge < -0.3 is 0 Å². The molecule has 0 aromatic rings. The molecule has 1 aliphatic carbocycles. The average Bonchev–Trinajstić information content (AvgIpc) is 2.15. The van der Waals surface area contributed by atoms with E-state index in [9.17, 15) is 13.2 Å². The van der Waals surface area contributed by atoms with Crippen LogP contribution in [-0.4, -0.2) is 6.18 Å². The van der Waals surface area contributed by atoms with Crippen LogP contribution < -0.4 is 0 Å². The Labute approximate surface area is 83.9 Å². The van der Waals surface area contributed by atoms with Crippen molar-refractivity contribution in [3.63, 3.8) is 0 Å². The fraction of sp³-hybridized carbons (Fsp3) is 1.00. The zero-order valence-electron chi connectivity index (χ0n) is 8.90. The van der Waals surface area contributed by atoms with E-state index in [1.165, 1.54) is 0 Å². The van der Waals surface area contributed by atoms with E-state index in [0.29, 0.717) is 24.7 Å². The molecule has 0 bridgehead atoms. The van der Waals surface area contributed by atoms with Crippen LogP contribution in [0, 0.1) is 17.8 Å². The molecule has 0 nitrogen and oxygen atoms in total. The normalized spacial score (nSPS) is 31.5. The molecule has 0 spiro atoms. The molecular formula is C11H19F3. The summed E-state index contributed by atoms with van der Waals surface area (Å²) in [5.41, 5.74) is 0. The summed E-state index contributed by atoms with van der Waals surface area (Å²) in [5.74, 6) is -0.296. The van der Waals surface area contributed by atoms with Crippen molar-refractivity contribution >= 4 is 0 Å². The van der Waals surface area contributed by atoms with Gasteiger partial charge in [-0.1, -0.05) is 33.1 Å². The second kappa shape index (κ2) is 4.54. The number of alkyl halides is 3. The summed E-state index contributed by atoms with van der Waals surface area (Å²) in [5, 5.41) is 0. The van der Waals surface area contributed by atoms with Crippen LogP contribution in [0.3, 0.4) is 0 Å². The maximum absolute atomic E-state index is 12.5. The lowest BCUT2D eigenvalue weighted by molar-refractivity contribution is -0.187. The third-order valence-electron chi connectivity index (χ3n) is 3.63. The van der Waals surface area contributed by atoms with E-state index in [2.05, 4.69) is 13.8 Å². The molecule has 1 saturated carbocycles. The molecule has 0 N–H and O–H groups in total. The molecule has 0 aromatic heterocycles. The highest BCUT2D eigenvalue weighted by atomic mass is 19.4. The van der Waals surface area contributed by atoms with Gasteiger partial charge in [0.1, 0.15) is 0 Å². The molecule has 1 rings (SSSR count). The highest BCUT2D eigenvalue weighted by Gasteiger charge is 2.42. The van der Waals surface area contributed by atoms with E-state index in [4.69, 9.17) is 0 Å². The predicted molar refractivity (Wildman–Crippen MR) is 51.0 cm³/mol. The standard InChI is InChI=1S/C11H19F3/c1-3-8(2)9-5-4-6-10(7-9)11(12,13)14/h8-10H,3-7H2,1-2H3. The van der Waals surface area contributed by atoms with Crippen LogP contribution in [0.4, 0.5) is 13.2 Å². The van der Waals surface area contributed by atoms with Crippen LogP contribution in [0.1, 0.15) is 46.0 Å². The van der Waals surface area contributed by atoms with Gasteiger partial charge in [-0.2, -0.15) is 13.2 Å². The highest BCUT2D eigenvalue weighted by Crippen LogP contribution is 2.42. The summed E-state index contributed by atoms with van der Waals surface area (Å²) in [4.78, 5) is 0. The Balaban J connectivity index is 2.52. The minimum absolute atomic E-state index is 0.292. The second-order valence-electron chi connectivity index (χ2n) is 4.55. The van der Waals surface area contributed by atoms with Crippen molar-refractivity contribution in [2.75, 3.05) is 0 Å². The lowest BCUT2D eigenvalue weighted by atomic mass is 9.74. The smallest absolute Gasteiger partial charge is 0.171 e. The van der Waals surface area contributed by atoms with E-state index in [1.807, 2.05) is 0 Å². The average molecular weight is 208 g/mol. The minimum atomic E-state index is -3.97. The number of hydrogen-bond donors (Lipinski definition) is 0. The van der Waals surface area contributed by atoms with Crippen molar-refractivity contribution in [1.82, 2.24) is 0 Å². The molecule has 0 amide bonds. The van der Waals surface area contributed by atoms with Crippen molar-refractivity contribution in [2.45, 2.75) is 52.1 Å². The lowest BCUT2D eigenvalue weighted by Gasteiger charge is -2.33. The van der Waals surface area contributed by atoms with Gasteiger partial charge in [-0.3, -0.25) is 0 Å². The van der Waals surface area contributed by atoms with Gasteiger partial charge in [0, 0.05) is 0 Å². The van der Waals surface area contributed by atoms with Gasteiger partial charge in [0.25, 0.3) is 0 Å². The predicted octanol–water partition coefficient (Wildman–Crippen LogP) is 4.40. The van der Waals surface area contributed by atoms with Gasteiger partial charge in [-0.15, -0.1) is 0 Å². The second-order valence-corrected chi connectivity index (χ2v) is 4.55. The zero-order chi connectivity index (χ0) is 10.8. The van der Waals surface area contributed by atoms with Crippen LogP contribution in [0.2, 0.25) is 0 Å². The molecule has 3 atom stereocenters. The Morgan fingerprint density at radius 3 is 2.43 bits per heavy atom. The molecule has 0 heterocycles. The highest BCUT2D eigenvalue weighted by molar-refractivity contribution is 4.79. The molecule has 0 aliphatic heterocycles. The van der Waals surface area contributed by atoms with Crippen LogP contribution in [0.15, 0.2) is 0 Å². The van der Waals surface area contributed by atoms with Gasteiger partial charge in [0.05, 0.1) is 5.92 Å². The summed E-state index contributed by atoms with van der Waals surface area (Å²) in [6, 6.07) is 0. The van der Waals surface area contributed by atoms with Crippen LogP contribution in [0.25, 0.3) is 0 Å². The monoisotopic (exact) mass is 208 g/mol. The van der Waals surface area contributed by atoms with E-state index >= 15 is 0 Å². The van der Waals surface area contributed by atoms with Crippen LogP contribution in [0.5, 0.6) is 0 Å². The van der Waals surface area contributed by atoms with Crippen molar-refractivity contribution in [2.24, 2.45) is 17.8 Å². The third-order valence-corrected chi connectivity index (χ3v) is 3.63. The molecule has 1 aliphatic rings. The van der Waals surface area contributed by atoms with Crippen molar-refractivity contribution < 1.29 is 13.2 Å². The molecule has 3 heteroatoms. The Kier molecular flexibility index (Phi) is 3.85. The van der Waals surface area contributed by atoms with Crippen molar-refractivity contribution in [1.29, 1.82) is 0 Å². The number of halogens is 3. The van der Waals surface area contributed by atoms with Crippen molar-refractivity contribution in [3.8, 4) is 0 Å². The van der Waals surface area contributed by atoms with E-state index in [-0.39, 0.29) is 0 Å². The quantitative estimate of drug-likeness (QED) is 0.631. The van der Waals surface area contributed by atoms with Crippen LogP contribution in [-0.2, 0) is 0 Å². The van der Waals surface area contributed by atoms with Gasteiger partial charge in [0.2, 0.25) is 0 Å². The molecular weight excluding hydrogens is 189 g/mol. The summed E-state index contributed by atoms with van der Waals surface area (Å²) in [7, 11) is 0. The Hall–Kier alpha value is -0.210. The maximum atomic E-state index is 12.5. The largest absolute Gasteiger partial charge is 0.391 e. The molecule has 0 aromatic carbocycles. The molecule has 14 heavy (non-hydrogen) atoms. The SMILES string of the molecule is CCC(C)C1CCCC(C(F)(F)F)C1. The summed E-state index contributed by atoms with van der Waals surface area (Å²) < 4.78 is 37.4. The fourth-order valence-corrected chi connectivity index (χ4v) is 2.38. The third kappa shape index (κ3) is 2.89.